The molecule has 0 spiro atoms. The molecule has 2 heterocycles. The Morgan fingerprint density at radius 3 is 2.11 bits per heavy atom. The van der Waals surface area contributed by atoms with Gasteiger partial charge in [-0.05, 0) is 91.4 Å². The number of carbonyl (C=O) groups is 1. The van der Waals surface area contributed by atoms with Gasteiger partial charge in [-0.2, -0.15) is 0 Å². The smallest absolute Gasteiger partial charge is 0.231 e. The van der Waals surface area contributed by atoms with E-state index in [1.807, 2.05) is 41.4 Å². The van der Waals surface area contributed by atoms with Gasteiger partial charge in [0.05, 0.1) is 12.6 Å². The third-order valence-corrected chi connectivity index (χ3v) is 8.83. The summed E-state index contributed by atoms with van der Waals surface area (Å²) in [6.07, 6.45) is 5.99. The molecule has 7 rings (SSSR count). The lowest BCUT2D eigenvalue weighted by Gasteiger charge is -2.35. The number of hydrogen-bond acceptors (Lipinski definition) is 7. The summed E-state index contributed by atoms with van der Waals surface area (Å²) in [5.74, 6) is 9.29. The zero-order valence-electron chi connectivity index (χ0n) is 26.2. The summed E-state index contributed by atoms with van der Waals surface area (Å²) in [5.41, 5.74) is 15.4. The average Bonchev–Trinajstić information content (AvgIpc) is 3.66. The van der Waals surface area contributed by atoms with Crippen molar-refractivity contribution in [3.63, 3.8) is 0 Å². The van der Waals surface area contributed by atoms with Crippen LogP contribution in [0.15, 0.2) is 96.6 Å². The molecule has 1 unspecified atom stereocenters. The number of fused-ring (bicyclic) bond motifs is 2. The molecule has 230 valence electrons. The molecule has 0 radical (unpaired) electrons. The van der Waals surface area contributed by atoms with E-state index in [2.05, 4.69) is 76.2 Å². The second kappa shape index (κ2) is 12.3. The molecule has 1 aliphatic carbocycles. The molecule has 3 aliphatic rings. The highest BCUT2D eigenvalue weighted by molar-refractivity contribution is 6.16. The van der Waals surface area contributed by atoms with Crippen molar-refractivity contribution in [1.29, 1.82) is 0 Å². The molecule has 1 atom stereocenters. The van der Waals surface area contributed by atoms with E-state index >= 15 is 0 Å². The zero-order valence-corrected chi connectivity index (χ0v) is 26.2. The molecule has 0 amide bonds. The monoisotopic (exact) mass is 601 g/mol. The van der Waals surface area contributed by atoms with Crippen LogP contribution in [0.2, 0.25) is 0 Å². The number of carbonyl (C=O) groups excluding carboxylic acids is 1. The second-order valence-corrected chi connectivity index (χ2v) is 12.1. The summed E-state index contributed by atoms with van der Waals surface area (Å²) < 4.78 is 17.0. The molecule has 0 aromatic heterocycles. The predicted octanol–water partition coefficient (Wildman–Crippen LogP) is 6.79. The molecule has 4 N–H and O–H groups in total. The van der Waals surface area contributed by atoms with Crippen molar-refractivity contribution < 1.29 is 19.0 Å². The fourth-order valence-electron chi connectivity index (χ4n) is 6.18. The van der Waals surface area contributed by atoms with Gasteiger partial charge in [0, 0.05) is 23.2 Å². The number of ether oxygens (including phenoxy) is 3. The average molecular weight is 602 g/mol. The highest BCUT2D eigenvalue weighted by Crippen LogP contribution is 2.44. The number of rotatable bonds is 6. The third-order valence-electron chi connectivity index (χ3n) is 8.83. The van der Waals surface area contributed by atoms with Crippen LogP contribution in [0, 0.1) is 20.8 Å². The van der Waals surface area contributed by atoms with Crippen LogP contribution in [0.1, 0.15) is 51.9 Å². The van der Waals surface area contributed by atoms with Gasteiger partial charge >= 0.3 is 0 Å². The van der Waals surface area contributed by atoms with E-state index in [0.29, 0.717) is 6.54 Å². The minimum absolute atomic E-state index is 0.0504. The van der Waals surface area contributed by atoms with E-state index in [4.69, 9.17) is 25.8 Å². The molecule has 7 nitrogen and oxygen atoms in total. The van der Waals surface area contributed by atoms with Gasteiger partial charge in [0.25, 0.3) is 0 Å². The first-order valence-electron chi connectivity index (χ1n) is 15.2. The van der Waals surface area contributed by atoms with Crippen molar-refractivity contribution in [2.75, 3.05) is 19.1 Å². The van der Waals surface area contributed by atoms with Crippen LogP contribution in [0.25, 0.3) is 6.08 Å². The van der Waals surface area contributed by atoms with Crippen LogP contribution in [0.3, 0.4) is 0 Å². The fraction of sp³-hybridized carbons (Fsp3) is 0.237. The van der Waals surface area contributed by atoms with Gasteiger partial charge in [-0.25, -0.2) is 5.01 Å². The lowest BCUT2D eigenvalue weighted by molar-refractivity contribution is -0.111. The Hall–Kier alpha value is -4.85. The Morgan fingerprint density at radius 1 is 0.867 bits per heavy atom. The third kappa shape index (κ3) is 6.10. The summed E-state index contributed by atoms with van der Waals surface area (Å²) in [5, 5.41) is 1.91. The number of hydrogen-bond donors (Lipinski definition) is 2. The highest BCUT2D eigenvalue weighted by Gasteiger charge is 2.40. The number of nitrogens with two attached hydrogens (primary N) is 2. The fourth-order valence-corrected chi connectivity index (χ4v) is 6.18. The van der Waals surface area contributed by atoms with Crippen molar-refractivity contribution in [2.24, 2.45) is 5.84 Å². The van der Waals surface area contributed by atoms with Crippen LogP contribution >= 0.6 is 0 Å². The molecule has 0 bridgehead atoms. The number of allylic oxidation sites excluding steroid dienone is 3. The van der Waals surface area contributed by atoms with E-state index in [1.165, 1.54) is 5.56 Å². The van der Waals surface area contributed by atoms with E-state index in [0.717, 1.165) is 68.3 Å². The van der Waals surface area contributed by atoms with Crippen molar-refractivity contribution in [2.45, 2.75) is 45.8 Å². The second-order valence-electron chi connectivity index (χ2n) is 12.1. The van der Waals surface area contributed by atoms with Crippen LogP contribution in [-0.4, -0.2) is 29.7 Å². The molecule has 0 fully saturated rings. The Balaban J connectivity index is 0.000000198. The van der Waals surface area contributed by atoms with E-state index in [-0.39, 0.29) is 18.6 Å². The first-order valence-corrected chi connectivity index (χ1v) is 15.2. The largest absolute Gasteiger partial charge is 0.485 e. The Bertz CT molecular complexity index is 1720. The summed E-state index contributed by atoms with van der Waals surface area (Å²) in [4.78, 5) is 11.1. The van der Waals surface area contributed by atoms with Crippen LogP contribution in [0.5, 0.6) is 17.2 Å². The molecule has 2 aliphatic heterocycles. The summed E-state index contributed by atoms with van der Waals surface area (Å²) in [6, 6.07) is 26.4. The minimum Gasteiger partial charge on any atom is -0.485 e. The van der Waals surface area contributed by atoms with Crippen molar-refractivity contribution in [3.8, 4) is 17.2 Å². The molecule has 4 aromatic carbocycles. The number of nitrogen functional groups attached to an aromatic ring is 1. The summed E-state index contributed by atoms with van der Waals surface area (Å²) in [7, 11) is 0. The molecular weight excluding hydrogens is 562 g/mol. The molecule has 45 heavy (non-hydrogen) atoms. The number of hydrazine groups is 1. The Kier molecular flexibility index (Phi) is 8.23. The minimum atomic E-state index is -0.422. The molecule has 7 heteroatoms. The number of benzene rings is 4. The molecular formula is C38H39N3O4. The standard InChI is InChI=1S/C26H31N3O.C12H8O3/c1-17-18(2)25-22(19(3)23(17)27)15-26(4,30-25)16-29(28)24(20-11-7-5-8-12-20)21-13-9-6-10-14-21;13-10-3-2-9(10)5-8-1-4-11-12(6-8)15-7-14-11/h5-14,24H,15-16,27-28H2,1-4H3;1-6H,7H2. The van der Waals surface area contributed by atoms with Crippen LogP contribution < -0.4 is 25.8 Å². The predicted molar refractivity (Wildman–Crippen MR) is 178 cm³/mol. The highest BCUT2D eigenvalue weighted by atomic mass is 16.7. The van der Waals surface area contributed by atoms with Crippen molar-refractivity contribution in [3.05, 3.63) is 136 Å². The van der Waals surface area contributed by atoms with Gasteiger partial charge < -0.3 is 19.9 Å². The van der Waals surface area contributed by atoms with Crippen molar-refractivity contribution in [1.82, 2.24) is 5.01 Å². The molecule has 0 saturated carbocycles. The van der Waals surface area contributed by atoms with E-state index < -0.39 is 5.60 Å². The topological polar surface area (TPSA) is 100 Å². The zero-order chi connectivity index (χ0) is 31.7. The number of ketones is 1. The van der Waals surface area contributed by atoms with Gasteiger partial charge in [-0.3, -0.25) is 10.6 Å². The first kappa shape index (κ1) is 30.2. The molecule has 0 saturated heterocycles. The lowest BCUT2D eigenvalue weighted by atomic mass is 9.91. The van der Waals surface area contributed by atoms with Gasteiger partial charge in [0.2, 0.25) is 6.79 Å². The molecule has 4 aromatic rings. The van der Waals surface area contributed by atoms with Gasteiger partial charge in [0.1, 0.15) is 11.4 Å². The Labute approximate surface area is 264 Å². The maximum Gasteiger partial charge on any atom is 0.231 e. The number of anilines is 1. The maximum absolute atomic E-state index is 11.1. The number of nitrogens with zero attached hydrogens (tertiary/aromatic N) is 1. The normalized spacial score (nSPS) is 18.5. The van der Waals surface area contributed by atoms with Gasteiger partial charge in [-0.15, -0.1) is 0 Å². The summed E-state index contributed by atoms with van der Waals surface area (Å²) >= 11 is 0. The Morgan fingerprint density at radius 2 is 1.51 bits per heavy atom. The SMILES string of the molecule is Cc1c(C)c2c(c(C)c1N)CC(C)(CN(N)C(c1ccccc1)c1ccccc1)O2.O=C1C=CC1=Cc1ccc2c(c1)OCO2. The van der Waals surface area contributed by atoms with Gasteiger partial charge in [0.15, 0.2) is 17.3 Å². The van der Waals surface area contributed by atoms with Crippen LogP contribution in [0.4, 0.5) is 5.69 Å². The first-order chi connectivity index (χ1) is 21.6. The van der Waals surface area contributed by atoms with E-state index in [1.54, 1.807) is 12.2 Å². The van der Waals surface area contributed by atoms with Crippen LogP contribution in [-0.2, 0) is 11.2 Å². The van der Waals surface area contributed by atoms with Gasteiger partial charge in [-0.1, -0.05) is 66.7 Å². The lowest BCUT2D eigenvalue weighted by Crippen LogP contribution is -2.49. The van der Waals surface area contributed by atoms with E-state index in [9.17, 15) is 4.79 Å². The summed E-state index contributed by atoms with van der Waals surface area (Å²) in [6.45, 7) is 9.25. The van der Waals surface area contributed by atoms with Crippen molar-refractivity contribution >= 4 is 17.5 Å². The maximum atomic E-state index is 11.1. The quantitative estimate of drug-likeness (QED) is 0.109.